The van der Waals surface area contributed by atoms with Gasteiger partial charge in [-0.25, -0.2) is 9.59 Å². The minimum absolute atomic E-state index is 0.153. The van der Waals surface area contributed by atoms with Gasteiger partial charge in [-0.15, -0.1) is 0 Å². The molecule has 3 N–H and O–H groups in total. The van der Waals surface area contributed by atoms with E-state index in [0.29, 0.717) is 0 Å². The van der Waals surface area contributed by atoms with Crippen LogP contribution in [0.3, 0.4) is 0 Å². The lowest BCUT2D eigenvalue weighted by Gasteiger charge is -2.15. The fraction of sp³-hybridized carbons (Fsp3) is 0.0714. The molecule has 0 saturated carbocycles. The molecule has 0 atom stereocenters. The summed E-state index contributed by atoms with van der Waals surface area (Å²) in [5, 5.41) is 28.3. The Kier molecular flexibility index (Phi) is 5.64. The highest BCUT2D eigenvalue weighted by Crippen LogP contribution is 2.36. The van der Waals surface area contributed by atoms with Crippen LogP contribution in [0.4, 0.5) is 0 Å². The van der Waals surface area contributed by atoms with Gasteiger partial charge in [-0.2, -0.15) is 0 Å². The van der Waals surface area contributed by atoms with Gasteiger partial charge in [-0.3, -0.25) is 19.2 Å². The summed E-state index contributed by atoms with van der Waals surface area (Å²) in [5.74, 6) is -5.11. The van der Waals surface area contributed by atoms with Gasteiger partial charge < -0.3 is 24.2 Å². The van der Waals surface area contributed by atoms with Crippen molar-refractivity contribution in [3.63, 3.8) is 0 Å². The molecule has 5 rings (SSSR count). The van der Waals surface area contributed by atoms with Gasteiger partial charge in [-0.1, -0.05) is 6.07 Å². The second-order valence-corrected chi connectivity index (χ2v) is 8.69. The molecular weight excluding hydrogens is 512 g/mol. The zero-order valence-corrected chi connectivity index (χ0v) is 20.1. The zero-order chi connectivity index (χ0) is 28.3. The van der Waals surface area contributed by atoms with E-state index in [2.05, 4.69) is 0 Å². The van der Waals surface area contributed by atoms with Gasteiger partial charge >= 0.3 is 11.9 Å². The number of carbonyl (C=O) groups is 4. The molecule has 0 bridgehead atoms. The van der Waals surface area contributed by atoms with Crippen molar-refractivity contribution in [2.24, 2.45) is 0 Å². The van der Waals surface area contributed by atoms with Crippen molar-refractivity contribution < 1.29 is 43.3 Å². The maximum atomic E-state index is 13.7. The molecule has 11 nitrogen and oxygen atoms in total. The molecule has 39 heavy (non-hydrogen) atoms. The quantitative estimate of drug-likeness (QED) is 0.219. The summed E-state index contributed by atoms with van der Waals surface area (Å²) in [6.07, 6.45) is 0.940. The minimum Gasteiger partial charge on any atom is -0.507 e. The fourth-order valence-electron chi connectivity index (χ4n) is 4.70. The normalized spacial score (nSPS) is 11.2. The van der Waals surface area contributed by atoms with Crippen LogP contribution in [0.25, 0.3) is 44.0 Å². The topological polar surface area (TPSA) is 189 Å². The summed E-state index contributed by atoms with van der Waals surface area (Å²) < 4.78 is 11.3. The van der Waals surface area contributed by atoms with Gasteiger partial charge in [0.05, 0.1) is 32.8 Å². The predicted octanol–water partition coefficient (Wildman–Crippen LogP) is 4.23. The lowest BCUT2D eigenvalue weighted by molar-refractivity contribution is 0.0686. The van der Waals surface area contributed by atoms with E-state index in [1.807, 2.05) is 0 Å². The molecular formula is C28H16O11. The van der Waals surface area contributed by atoms with E-state index in [-0.39, 0.29) is 49.8 Å². The van der Waals surface area contributed by atoms with Crippen molar-refractivity contribution >= 4 is 56.4 Å². The Bertz CT molecular complexity index is 2080. The van der Waals surface area contributed by atoms with Crippen molar-refractivity contribution in [3.05, 3.63) is 85.4 Å². The molecule has 3 aromatic carbocycles. The first-order valence-corrected chi connectivity index (χ1v) is 11.3. The first kappa shape index (κ1) is 25.1. The molecule has 194 valence electrons. The summed E-state index contributed by atoms with van der Waals surface area (Å²) >= 11 is 0. The van der Waals surface area contributed by atoms with E-state index in [9.17, 15) is 44.1 Å². The second-order valence-electron chi connectivity index (χ2n) is 8.69. The van der Waals surface area contributed by atoms with Gasteiger partial charge in [0, 0.05) is 11.1 Å². The number of carbonyl (C=O) groups excluding carboxylic acids is 2. The molecule has 0 amide bonds. The number of carboxylic acid groups (broad SMARTS) is 2. The number of hydrogen-bond acceptors (Lipinski definition) is 9. The number of aromatic carboxylic acids is 2. The third kappa shape index (κ3) is 3.67. The maximum Gasteiger partial charge on any atom is 0.340 e. The molecule has 5 aromatic rings. The number of aromatic hydroxyl groups is 1. The maximum absolute atomic E-state index is 13.7. The van der Waals surface area contributed by atoms with E-state index in [4.69, 9.17) is 8.83 Å². The molecule has 0 aliphatic heterocycles. The Balaban J connectivity index is 2.04. The van der Waals surface area contributed by atoms with Crippen LogP contribution >= 0.6 is 0 Å². The average molecular weight is 528 g/mol. The first-order valence-electron chi connectivity index (χ1n) is 11.3. The van der Waals surface area contributed by atoms with Gasteiger partial charge in [0.2, 0.25) is 10.9 Å². The number of hydrogen-bond donors (Lipinski definition) is 3. The third-order valence-electron chi connectivity index (χ3n) is 6.36. The van der Waals surface area contributed by atoms with Gasteiger partial charge in [0.15, 0.2) is 11.6 Å². The molecule has 0 spiro atoms. The Morgan fingerprint density at radius 1 is 0.769 bits per heavy atom. The summed E-state index contributed by atoms with van der Waals surface area (Å²) in [6.45, 7) is 2.23. The van der Waals surface area contributed by atoms with Gasteiger partial charge in [0.1, 0.15) is 34.3 Å². The highest BCUT2D eigenvalue weighted by atomic mass is 16.4. The van der Waals surface area contributed by atoms with Crippen molar-refractivity contribution in [2.45, 2.75) is 13.8 Å². The SMILES string of the molecule is CC(=O)c1cc2c(=O)c3c(C(=O)O)cccc3oc2c(C(C)=O)c1-c1coc2ccc(O)c(C(=O)O)c2c1=O. The predicted molar refractivity (Wildman–Crippen MR) is 137 cm³/mol. The van der Waals surface area contributed by atoms with Crippen LogP contribution in [0.1, 0.15) is 55.3 Å². The second kappa shape index (κ2) is 8.77. The highest BCUT2D eigenvalue weighted by molar-refractivity contribution is 6.18. The first-order chi connectivity index (χ1) is 18.4. The molecule has 0 saturated heterocycles. The van der Waals surface area contributed by atoms with Crippen LogP contribution < -0.4 is 10.9 Å². The van der Waals surface area contributed by atoms with E-state index in [1.54, 1.807) is 0 Å². The van der Waals surface area contributed by atoms with E-state index in [1.165, 1.54) is 24.3 Å². The molecule has 0 aliphatic carbocycles. The van der Waals surface area contributed by atoms with Crippen molar-refractivity contribution in [2.75, 3.05) is 0 Å². The van der Waals surface area contributed by atoms with Crippen LogP contribution in [0.5, 0.6) is 5.75 Å². The fourth-order valence-corrected chi connectivity index (χ4v) is 4.70. The average Bonchev–Trinajstić information content (AvgIpc) is 2.87. The standard InChI is InChI=1S/C28H16O11/c1-10(29)13-8-14-24(32)21-12(27(34)35)4-3-5-18(21)39-26(14)19(11(2)30)20(13)15-9-38-17-7-6-16(31)22(28(36)37)23(17)25(15)33/h3-9,31H,1-2H3,(H,34,35)(H,36,37). The van der Waals surface area contributed by atoms with E-state index < -0.39 is 56.6 Å². The third-order valence-corrected chi connectivity index (χ3v) is 6.36. The number of ketones is 2. The van der Waals surface area contributed by atoms with Crippen molar-refractivity contribution in [1.29, 1.82) is 0 Å². The summed E-state index contributed by atoms with van der Waals surface area (Å²) in [7, 11) is 0. The molecule has 0 aliphatic rings. The number of carboxylic acids is 2. The molecule has 2 heterocycles. The molecule has 2 aromatic heterocycles. The number of Topliss-reactive ketones (excluding diaryl/α,β-unsaturated/α-hetero) is 2. The Labute approximate surface area is 216 Å². The van der Waals surface area contributed by atoms with Crippen molar-refractivity contribution in [1.82, 2.24) is 0 Å². The molecule has 0 unspecified atom stereocenters. The summed E-state index contributed by atoms with van der Waals surface area (Å²) in [4.78, 5) is 76.6. The Hall–Kier alpha value is -5.58. The van der Waals surface area contributed by atoms with Crippen LogP contribution in [-0.2, 0) is 0 Å². The smallest absolute Gasteiger partial charge is 0.340 e. The van der Waals surface area contributed by atoms with Crippen LogP contribution in [0, 0.1) is 0 Å². The van der Waals surface area contributed by atoms with E-state index in [0.717, 1.165) is 32.2 Å². The monoisotopic (exact) mass is 528 g/mol. The zero-order valence-electron chi connectivity index (χ0n) is 20.1. The molecule has 0 fully saturated rings. The van der Waals surface area contributed by atoms with Crippen LogP contribution in [-0.4, -0.2) is 38.8 Å². The van der Waals surface area contributed by atoms with Crippen LogP contribution in [0.15, 0.2) is 61.1 Å². The lowest BCUT2D eigenvalue weighted by Crippen LogP contribution is -2.16. The molecule has 11 heteroatoms. The van der Waals surface area contributed by atoms with Gasteiger partial charge in [0.25, 0.3) is 0 Å². The largest absolute Gasteiger partial charge is 0.507 e. The number of fused-ring (bicyclic) bond motifs is 3. The van der Waals surface area contributed by atoms with Crippen LogP contribution in [0.2, 0.25) is 0 Å². The Morgan fingerprint density at radius 2 is 1.49 bits per heavy atom. The number of phenols is 1. The Morgan fingerprint density at radius 3 is 2.10 bits per heavy atom. The highest BCUT2D eigenvalue weighted by Gasteiger charge is 2.29. The minimum atomic E-state index is -1.62. The number of benzene rings is 3. The van der Waals surface area contributed by atoms with Gasteiger partial charge in [-0.05, 0) is 44.2 Å². The van der Waals surface area contributed by atoms with E-state index >= 15 is 0 Å². The molecule has 0 radical (unpaired) electrons. The van der Waals surface area contributed by atoms with Crippen molar-refractivity contribution in [3.8, 4) is 16.9 Å². The summed E-state index contributed by atoms with van der Waals surface area (Å²) in [6, 6.07) is 7.19. The summed E-state index contributed by atoms with van der Waals surface area (Å²) in [5.41, 5.74) is -4.78. The lowest BCUT2D eigenvalue weighted by atomic mass is 9.88. The number of rotatable bonds is 5.